The minimum Gasteiger partial charge on any atom is -0.337 e. The fourth-order valence-corrected chi connectivity index (χ4v) is 2.98. The molecule has 0 spiro atoms. The van der Waals surface area contributed by atoms with Gasteiger partial charge in [-0.3, -0.25) is 14.7 Å². The molecular formula is C20H22ClN3O. The zero-order valence-electron chi connectivity index (χ0n) is 14.1. The fraction of sp³-hybridized carbons (Fsp3) is 0.300. The van der Waals surface area contributed by atoms with Gasteiger partial charge in [0.2, 0.25) is 5.91 Å². The third-order valence-electron chi connectivity index (χ3n) is 4.38. The molecule has 1 amide bonds. The van der Waals surface area contributed by atoms with E-state index >= 15 is 0 Å². The molecule has 0 bridgehead atoms. The lowest BCUT2D eigenvalue weighted by Crippen LogP contribution is -2.48. The second kappa shape index (κ2) is 8.79. The van der Waals surface area contributed by atoms with Gasteiger partial charge in [0.25, 0.3) is 0 Å². The van der Waals surface area contributed by atoms with Gasteiger partial charge in [-0.15, -0.1) is 0 Å². The van der Waals surface area contributed by atoms with E-state index in [2.05, 4.69) is 16.0 Å². The first kappa shape index (κ1) is 17.6. The molecule has 3 rings (SSSR count). The van der Waals surface area contributed by atoms with Crippen molar-refractivity contribution in [3.63, 3.8) is 0 Å². The average Bonchev–Trinajstić information content (AvgIpc) is 2.67. The van der Waals surface area contributed by atoms with Crippen molar-refractivity contribution in [2.24, 2.45) is 0 Å². The summed E-state index contributed by atoms with van der Waals surface area (Å²) < 4.78 is 0. The molecule has 4 nitrogen and oxygen atoms in total. The molecule has 1 fully saturated rings. The number of halogens is 1. The highest BCUT2D eigenvalue weighted by Gasteiger charge is 2.19. The molecule has 25 heavy (non-hydrogen) atoms. The highest BCUT2D eigenvalue weighted by Crippen LogP contribution is 2.11. The SMILES string of the molecule is O=C(/C=C/c1ccc(Cl)cc1)N1CCN(CCc2ccccn2)CC1. The number of amides is 1. The number of aromatic nitrogens is 1. The quantitative estimate of drug-likeness (QED) is 0.773. The summed E-state index contributed by atoms with van der Waals surface area (Å²) in [5, 5.41) is 0.699. The van der Waals surface area contributed by atoms with Crippen molar-refractivity contribution in [2.75, 3.05) is 32.7 Å². The van der Waals surface area contributed by atoms with Gasteiger partial charge >= 0.3 is 0 Å². The maximum absolute atomic E-state index is 12.3. The number of rotatable bonds is 5. The molecule has 0 saturated carbocycles. The van der Waals surface area contributed by atoms with Crippen LogP contribution in [0.15, 0.2) is 54.7 Å². The molecule has 0 radical (unpaired) electrons. The first-order valence-corrected chi connectivity index (χ1v) is 8.93. The Morgan fingerprint density at radius 2 is 1.84 bits per heavy atom. The predicted octanol–water partition coefficient (Wildman–Crippen LogP) is 3.14. The molecule has 1 aliphatic rings. The molecule has 130 valence electrons. The van der Waals surface area contributed by atoms with Crippen molar-refractivity contribution in [1.82, 2.24) is 14.8 Å². The van der Waals surface area contributed by atoms with Gasteiger partial charge in [-0.2, -0.15) is 0 Å². The highest BCUT2D eigenvalue weighted by molar-refractivity contribution is 6.30. The minimum absolute atomic E-state index is 0.0688. The van der Waals surface area contributed by atoms with Crippen molar-refractivity contribution < 1.29 is 4.79 Å². The number of benzene rings is 1. The molecular weight excluding hydrogens is 334 g/mol. The lowest BCUT2D eigenvalue weighted by molar-refractivity contribution is -0.127. The summed E-state index contributed by atoms with van der Waals surface area (Å²) >= 11 is 5.87. The van der Waals surface area contributed by atoms with Crippen LogP contribution in [0, 0.1) is 0 Å². The maximum Gasteiger partial charge on any atom is 0.246 e. The monoisotopic (exact) mass is 355 g/mol. The Morgan fingerprint density at radius 3 is 2.52 bits per heavy atom. The van der Waals surface area contributed by atoms with Crippen LogP contribution in [0.2, 0.25) is 5.02 Å². The largest absolute Gasteiger partial charge is 0.337 e. The molecule has 2 aromatic rings. The van der Waals surface area contributed by atoms with Gasteiger partial charge in [0.15, 0.2) is 0 Å². The van der Waals surface area contributed by atoms with Crippen LogP contribution in [-0.2, 0) is 11.2 Å². The van der Waals surface area contributed by atoms with Crippen LogP contribution < -0.4 is 0 Å². The highest BCUT2D eigenvalue weighted by atomic mass is 35.5. The molecule has 0 unspecified atom stereocenters. The molecule has 0 aliphatic carbocycles. The van der Waals surface area contributed by atoms with Gasteiger partial charge in [-0.05, 0) is 35.9 Å². The molecule has 1 aromatic carbocycles. The van der Waals surface area contributed by atoms with E-state index in [1.807, 2.05) is 53.6 Å². The van der Waals surface area contributed by atoms with Gasteiger partial charge in [0, 0.05) is 62.1 Å². The van der Waals surface area contributed by atoms with E-state index < -0.39 is 0 Å². The van der Waals surface area contributed by atoms with Crippen molar-refractivity contribution in [1.29, 1.82) is 0 Å². The van der Waals surface area contributed by atoms with Crippen molar-refractivity contribution in [3.8, 4) is 0 Å². The van der Waals surface area contributed by atoms with E-state index in [9.17, 15) is 4.79 Å². The standard InChI is InChI=1S/C20H22ClN3O/c21-18-7-4-17(5-8-18)6-9-20(25)24-15-13-23(14-16-24)12-10-19-3-1-2-11-22-19/h1-9,11H,10,12-16H2/b9-6+. The molecule has 0 N–H and O–H groups in total. The predicted molar refractivity (Wildman–Crippen MR) is 101 cm³/mol. The van der Waals surface area contributed by atoms with Crippen molar-refractivity contribution >= 4 is 23.6 Å². The van der Waals surface area contributed by atoms with E-state index in [4.69, 9.17) is 11.6 Å². The van der Waals surface area contributed by atoms with Gasteiger partial charge in [-0.1, -0.05) is 29.8 Å². The van der Waals surface area contributed by atoms with Crippen molar-refractivity contribution in [3.05, 3.63) is 71.0 Å². The lowest BCUT2D eigenvalue weighted by atomic mass is 10.2. The summed E-state index contributed by atoms with van der Waals surface area (Å²) in [6, 6.07) is 13.5. The van der Waals surface area contributed by atoms with E-state index in [1.165, 1.54) is 0 Å². The molecule has 1 aliphatic heterocycles. The summed E-state index contributed by atoms with van der Waals surface area (Å²) in [5.74, 6) is 0.0688. The first-order valence-electron chi connectivity index (χ1n) is 8.55. The molecule has 0 atom stereocenters. The maximum atomic E-state index is 12.3. The second-order valence-electron chi connectivity index (χ2n) is 6.12. The van der Waals surface area contributed by atoms with E-state index in [-0.39, 0.29) is 5.91 Å². The third-order valence-corrected chi connectivity index (χ3v) is 4.63. The summed E-state index contributed by atoms with van der Waals surface area (Å²) in [5.41, 5.74) is 2.10. The van der Waals surface area contributed by atoms with Gasteiger partial charge in [0.1, 0.15) is 0 Å². The molecule has 1 saturated heterocycles. The molecule has 5 heteroatoms. The van der Waals surface area contributed by atoms with Crippen LogP contribution in [0.5, 0.6) is 0 Å². The first-order chi connectivity index (χ1) is 12.2. The summed E-state index contributed by atoms with van der Waals surface area (Å²) in [7, 11) is 0. The Bertz CT molecular complexity index is 707. The normalized spacial score (nSPS) is 15.6. The van der Waals surface area contributed by atoms with Crippen LogP contribution in [0.25, 0.3) is 6.08 Å². The fourth-order valence-electron chi connectivity index (χ4n) is 2.86. The third kappa shape index (κ3) is 5.41. The number of piperazine rings is 1. The summed E-state index contributed by atoms with van der Waals surface area (Å²) in [6.07, 6.45) is 6.27. The minimum atomic E-state index is 0.0688. The molecule has 2 heterocycles. The van der Waals surface area contributed by atoms with Gasteiger partial charge in [0.05, 0.1) is 0 Å². The van der Waals surface area contributed by atoms with E-state index in [0.29, 0.717) is 5.02 Å². The van der Waals surface area contributed by atoms with E-state index in [1.54, 1.807) is 6.08 Å². The van der Waals surface area contributed by atoms with Gasteiger partial charge < -0.3 is 4.90 Å². The van der Waals surface area contributed by atoms with Crippen molar-refractivity contribution in [2.45, 2.75) is 6.42 Å². The second-order valence-corrected chi connectivity index (χ2v) is 6.56. The Hall–Kier alpha value is -2.17. The lowest BCUT2D eigenvalue weighted by Gasteiger charge is -2.34. The Kier molecular flexibility index (Phi) is 6.20. The Morgan fingerprint density at radius 1 is 1.08 bits per heavy atom. The van der Waals surface area contributed by atoms with Crippen LogP contribution in [-0.4, -0.2) is 53.4 Å². The smallest absolute Gasteiger partial charge is 0.246 e. The Labute approximate surface area is 153 Å². The van der Waals surface area contributed by atoms with Crippen LogP contribution in [0.3, 0.4) is 0 Å². The topological polar surface area (TPSA) is 36.4 Å². The summed E-state index contributed by atoms with van der Waals surface area (Å²) in [4.78, 5) is 21.0. The van der Waals surface area contributed by atoms with Crippen LogP contribution >= 0.6 is 11.6 Å². The van der Waals surface area contributed by atoms with Gasteiger partial charge in [-0.25, -0.2) is 0 Å². The van der Waals surface area contributed by atoms with Crippen LogP contribution in [0.1, 0.15) is 11.3 Å². The number of carbonyl (C=O) groups is 1. The molecule has 1 aromatic heterocycles. The number of nitrogens with zero attached hydrogens (tertiary/aromatic N) is 3. The average molecular weight is 356 g/mol. The zero-order valence-corrected chi connectivity index (χ0v) is 14.9. The number of carbonyl (C=O) groups excluding carboxylic acids is 1. The van der Waals surface area contributed by atoms with E-state index in [0.717, 1.165) is 50.4 Å². The zero-order chi connectivity index (χ0) is 17.5. The van der Waals surface area contributed by atoms with Crippen LogP contribution in [0.4, 0.5) is 0 Å². The summed E-state index contributed by atoms with van der Waals surface area (Å²) in [6.45, 7) is 4.35. The Balaban J connectivity index is 1.43. The number of pyridine rings is 1. The number of hydrogen-bond acceptors (Lipinski definition) is 3. The number of hydrogen-bond donors (Lipinski definition) is 0.